The van der Waals surface area contributed by atoms with Crippen molar-refractivity contribution in [1.82, 2.24) is 0 Å². The van der Waals surface area contributed by atoms with Crippen LogP contribution in [0.5, 0.6) is 0 Å². The summed E-state index contributed by atoms with van der Waals surface area (Å²) >= 11 is 0. The Hall–Kier alpha value is -0.560. The van der Waals surface area contributed by atoms with Crippen molar-refractivity contribution >= 4 is 19.7 Å². The molecule has 0 bridgehead atoms. The molecule has 0 aliphatic carbocycles. The van der Waals surface area contributed by atoms with E-state index in [9.17, 15) is 43.2 Å². The molecule has 0 spiro atoms. The second-order valence-electron chi connectivity index (χ2n) is 10.7. The number of nitrogens with zero attached hydrogens (tertiary/aromatic N) is 1. The summed E-state index contributed by atoms with van der Waals surface area (Å²) in [6.45, 7) is 9.92. The number of alkyl halides is 6. The molecular weight excluding hydrogens is 568 g/mol. The molecule has 0 unspecified atom stereocenters. The lowest BCUT2D eigenvalue weighted by Gasteiger charge is -2.39. The Balaban J connectivity index is 5.56. The number of quaternary nitrogens is 1. The van der Waals surface area contributed by atoms with Crippen LogP contribution in [0, 0.1) is 0 Å². The second-order valence-corrected chi connectivity index (χ2v) is 15.2. The Kier molecular flexibility index (Phi) is 17.8. The molecule has 0 aromatic heterocycles. The van der Waals surface area contributed by atoms with Gasteiger partial charge in [0.2, 0.25) is 0 Å². The third kappa shape index (κ3) is 13.3. The van der Waals surface area contributed by atoms with Gasteiger partial charge < -0.3 is 4.48 Å². The van der Waals surface area contributed by atoms with Gasteiger partial charge in [-0.25, -0.2) is 16.8 Å². The van der Waals surface area contributed by atoms with Crippen molar-refractivity contribution in [2.45, 2.75) is 139 Å². The monoisotopic (exact) mass is 618 g/mol. The molecule has 0 aliphatic rings. The number of sulfone groups is 2. The minimum atomic E-state index is -6.56. The number of hydrogen-bond acceptors (Lipinski definition) is 4. The van der Waals surface area contributed by atoms with Crippen LogP contribution >= 0.6 is 0 Å². The zero-order valence-electron chi connectivity index (χ0n) is 23.9. The molecule has 236 valence electrons. The lowest BCUT2D eigenvalue weighted by Crippen LogP contribution is -2.50. The van der Waals surface area contributed by atoms with Gasteiger partial charge in [0.15, 0.2) is 4.58 Å². The highest BCUT2D eigenvalue weighted by atomic mass is 32.3. The van der Waals surface area contributed by atoms with Crippen molar-refractivity contribution in [3.05, 3.63) is 0 Å². The van der Waals surface area contributed by atoms with Crippen molar-refractivity contribution < 1.29 is 47.7 Å². The van der Waals surface area contributed by atoms with E-state index >= 15 is 0 Å². The van der Waals surface area contributed by atoms with Gasteiger partial charge in [0, 0.05) is 0 Å². The molecule has 0 atom stereocenters. The first-order valence-corrected chi connectivity index (χ1v) is 17.6. The van der Waals surface area contributed by atoms with Gasteiger partial charge in [0.25, 0.3) is 19.7 Å². The third-order valence-electron chi connectivity index (χ3n) is 7.37. The van der Waals surface area contributed by atoms with E-state index in [0.29, 0.717) is 13.0 Å². The third-order valence-corrected chi connectivity index (χ3v) is 12.0. The van der Waals surface area contributed by atoms with Crippen molar-refractivity contribution in [3.8, 4) is 0 Å². The van der Waals surface area contributed by atoms with E-state index in [2.05, 4.69) is 20.8 Å². The predicted octanol–water partition coefficient (Wildman–Crippen LogP) is 8.30. The minimum absolute atomic E-state index is 0.149. The van der Waals surface area contributed by atoms with Gasteiger partial charge in [-0.2, -0.15) is 26.3 Å². The fourth-order valence-electron chi connectivity index (χ4n) is 5.00. The van der Waals surface area contributed by atoms with Gasteiger partial charge in [0.1, 0.15) is 0 Å². The number of rotatable bonds is 23. The molecule has 0 rings (SSSR count). The molecule has 0 aliphatic heterocycles. The van der Waals surface area contributed by atoms with Gasteiger partial charge in [0.05, 0.1) is 26.2 Å². The average molecular weight is 619 g/mol. The fourth-order valence-corrected chi connectivity index (χ4v) is 8.54. The molecule has 0 saturated carbocycles. The average Bonchev–Trinajstić information content (AvgIpc) is 2.82. The molecule has 0 N–H and O–H groups in total. The zero-order chi connectivity index (χ0) is 30.2. The molecule has 0 saturated heterocycles. The fraction of sp³-hybridized carbons (Fsp3) is 1.00. The molecule has 5 nitrogen and oxygen atoms in total. The molecule has 0 amide bonds. The smallest absolute Gasteiger partial charge is 0.324 e. The van der Waals surface area contributed by atoms with Gasteiger partial charge in [-0.15, -0.1) is 0 Å². The van der Waals surface area contributed by atoms with E-state index in [0.717, 1.165) is 101 Å². The molecule has 0 heterocycles. The summed E-state index contributed by atoms with van der Waals surface area (Å²) in [5.74, 6) is 0. The summed E-state index contributed by atoms with van der Waals surface area (Å²) in [7, 11) is -13.1. The molecular formula is C26H50F6NO4S2+. The molecule has 0 fully saturated rings. The molecule has 39 heavy (non-hydrogen) atoms. The van der Waals surface area contributed by atoms with Crippen molar-refractivity contribution in [2.24, 2.45) is 0 Å². The summed E-state index contributed by atoms with van der Waals surface area (Å²) in [5.41, 5.74) is -12.2. The van der Waals surface area contributed by atoms with Gasteiger partial charge in [-0.05, 0) is 57.8 Å². The van der Waals surface area contributed by atoms with E-state index in [1.165, 1.54) is 0 Å². The lowest BCUT2D eigenvalue weighted by atomic mass is 10.1. The van der Waals surface area contributed by atoms with Gasteiger partial charge in [-0.3, -0.25) is 0 Å². The predicted molar refractivity (Wildman–Crippen MR) is 144 cm³/mol. The van der Waals surface area contributed by atoms with Crippen molar-refractivity contribution in [2.75, 3.05) is 26.2 Å². The first kappa shape index (κ1) is 38.4. The molecule has 0 radical (unpaired) electrons. The lowest BCUT2D eigenvalue weighted by molar-refractivity contribution is -0.929. The van der Waals surface area contributed by atoms with E-state index < -0.39 is 41.7 Å². The second kappa shape index (κ2) is 18.1. The highest BCUT2D eigenvalue weighted by Crippen LogP contribution is 2.38. The number of halogens is 6. The highest BCUT2D eigenvalue weighted by Gasteiger charge is 2.62. The van der Waals surface area contributed by atoms with Crippen LogP contribution in [-0.2, 0) is 19.7 Å². The molecule has 13 heteroatoms. The van der Waals surface area contributed by atoms with Crippen molar-refractivity contribution in [1.29, 1.82) is 0 Å². The Morgan fingerprint density at radius 2 is 0.769 bits per heavy atom. The number of hydrogen-bond donors (Lipinski definition) is 0. The van der Waals surface area contributed by atoms with E-state index in [-0.39, 0.29) is 12.8 Å². The van der Waals surface area contributed by atoms with Gasteiger partial charge in [-0.1, -0.05) is 65.7 Å². The maximum absolute atomic E-state index is 13.0. The summed E-state index contributed by atoms with van der Waals surface area (Å²) < 4.78 is 123. The first-order valence-electron chi connectivity index (χ1n) is 14.5. The van der Waals surface area contributed by atoms with Crippen molar-refractivity contribution in [3.63, 3.8) is 0 Å². The summed E-state index contributed by atoms with van der Waals surface area (Å²) in [6.07, 6.45) is 12.0. The Bertz CT molecular complexity index is 783. The normalized spacial score (nSPS) is 13.9. The summed E-state index contributed by atoms with van der Waals surface area (Å²) in [6, 6.07) is 0. The standard InChI is InChI=1S/C26H50F6NO4S2/c1-4-7-10-15-20-33(21-16-11-8-5-2,22-17-12-9-6-3)23-18-13-14-19-24(38(34,35)25(27,28)29)39(36,37)26(30,31)32/h24H,4-23H2,1-3H3/q+1. The Morgan fingerprint density at radius 1 is 0.487 bits per heavy atom. The quantitative estimate of drug-likeness (QED) is 0.0656. The zero-order valence-corrected chi connectivity index (χ0v) is 25.5. The maximum Gasteiger partial charge on any atom is 0.498 e. The highest BCUT2D eigenvalue weighted by molar-refractivity contribution is 8.09. The van der Waals surface area contributed by atoms with Crippen LogP contribution in [0.3, 0.4) is 0 Å². The topological polar surface area (TPSA) is 68.3 Å². The van der Waals surface area contributed by atoms with Crippen LogP contribution in [-0.4, -0.2) is 63.1 Å². The van der Waals surface area contributed by atoms with Crippen LogP contribution in [0.1, 0.15) is 124 Å². The van der Waals surface area contributed by atoms with Crippen LogP contribution in [0.25, 0.3) is 0 Å². The molecule has 0 aromatic rings. The molecule has 0 aromatic carbocycles. The van der Waals surface area contributed by atoms with Crippen LogP contribution in [0.15, 0.2) is 0 Å². The van der Waals surface area contributed by atoms with E-state index in [4.69, 9.17) is 0 Å². The largest absolute Gasteiger partial charge is 0.498 e. The van der Waals surface area contributed by atoms with Crippen LogP contribution in [0.4, 0.5) is 26.3 Å². The maximum atomic E-state index is 13.0. The van der Waals surface area contributed by atoms with Crippen LogP contribution < -0.4 is 0 Å². The number of unbranched alkanes of at least 4 members (excludes halogenated alkanes) is 11. The summed E-state index contributed by atoms with van der Waals surface area (Å²) in [5, 5.41) is 0. The SMILES string of the molecule is CCCCCC[N+](CCCCCC)(CCCCCC)CCCCCC(S(=O)(=O)C(F)(F)F)S(=O)(=O)C(F)(F)F. The van der Waals surface area contributed by atoms with Crippen LogP contribution in [0.2, 0.25) is 0 Å². The van der Waals surface area contributed by atoms with E-state index in [1.807, 2.05) is 0 Å². The summed E-state index contributed by atoms with van der Waals surface area (Å²) in [4.78, 5) is 0. The van der Waals surface area contributed by atoms with Gasteiger partial charge >= 0.3 is 11.0 Å². The van der Waals surface area contributed by atoms with E-state index in [1.54, 1.807) is 0 Å². The Labute approximate surface area is 232 Å². The first-order chi connectivity index (χ1) is 18.0. The minimum Gasteiger partial charge on any atom is -0.324 e. The Morgan fingerprint density at radius 3 is 1.03 bits per heavy atom.